The number of aliphatic hydroxyl groups excluding tert-OH is 1. The van der Waals surface area contributed by atoms with E-state index in [2.05, 4.69) is 10.4 Å². The molecule has 0 bridgehead atoms. The zero-order chi connectivity index (χ0) is 18.6. The number of aromatic nitrogens is 2. The highest BCUT2D eigenvalue weighted by molar-refractivity contribution is 5.74. The number of urea groups is 1. The number of amides is 2. The van der Waals surface area contributed by atoms with Gasteiger partial charge < -0.3 is 15.3 Å². The SMILES string of the molecule is Cc1c(C(C)NC(=O)N(C)CCC(C)O)cnn1-c1ccc(F)cc1. The molecular formula is C18H25FN4O2. The molecule has 1 aromatic carbocycles. The summed E-state index contributed by atoms with van der Waals surface area (Å²) in [5, 5.41) is 16.6. The molecule has 0 saturated heterocycles. The van der Waals surface area contributed by atoms with Crippen LogP contribution >= 0.6 is 0 Å². The molecule has 0 aliphatic carbocycles. The van der Waals surface area contributed by atoms with Crippen LogP contribution in [0, 0.1) is 12.7 Å². The summed E-state index contributed by atoms with van der Waals surface area (Å²) in [7, 11) is 1.69. The molecule has 25 heavy (non-hydrogen) atoms. The Morgan fingerprint density at radius 3 is 2.60 bits per heavy atom. The van der Waals surface area contributed by atoms with Gasteiger partial charge in [0.2, 0.25) is 0 Å². The van der Waals surface area contributed by atoms with Crippen molar-refractivity contribution in [3.8, 4) is 5.69 Å². The first kappa shape index (κ1) is 18.9. The lowest BCUT2D eigenvalue weighted by Gasteiger charge is -2.22. The van der Waals surface area contributed by atoms with Gasteiger partial charge in [-0.1, -0.05) is 0 Å². The summed E-state index contributed by atoms with van der Waals surface area (Å²) in [6.07, 6.45) is 1.79. The summed E-state index contributed by atoms with van der Waals surface area (Å²) >= 11 is 0. The van der Waals surface area contributed by atoms with Crippen LogP contribution < -0.4 is 5.32 Å². The van der Waals surface area contributed by atoms with Gasteiger partial charge in [-0.3, -0.25) is 0 Å². The van der Waals surface area contributed by atoms with E-state index in [-0.39, 0.29) is 17.9 Å². The van der Waals surface area contributed by atoms with Crippen LogP contribution in [0.5, 0.6) is 0 Å². The van der Waals surface area contributed by atoms with E-state index < -0.39 is 6.10 Å². The molecule has 0 fully saturated rings. The zero-order valence-electron chi connectivity index (χ0n) is 15.0. The van der Waals surface area contributed by atoms with E-state index in [0.717, 1.165) is 16.9 Å². The van der Waals surface area contributed by atoms with Gasteiger partial charge in [0.05, 0.1) is 24.0 Å². The van der Waals surface area contributed by atoms with Crippen molar-refractivity contribution in [3.63, 3.8) is 0 Å². The Morgan fingerprint density at radius 1 is 1.36 bits per heavy atom. The molecular weight excluding hydrogens is 323 g/mol. The zero-order valence-corrected chi connectivity index (χ0v) is 15.0. The molecule has 0 aliphatic heterocycles. The molecule has 1 aromatic heterocycles. The van der Waals surface area contributed by atoms with Crippen molar-refractivity contribution < 1.29 is 14.3 Å². The monoisotopic (exact) mass is 348 g/mol. The first-order valence-electron chi connectivity index (χ1n) is 8.29. The molecule has 2 atom stereocenters. The van der Waals surface area contributed by atoms with Crippen molar-refractivity contribution in [2.45, 2.75) is 39.3 Å². The number of rotatable bonds is 6. The fourth-order valence-corrected chi connectivity index (χ4v) is 2.55. The number of carbonyl (C=O) groups is 1. The normalized spacial score (nSPS) is 13.4. The standard InChI is InChI=1S/C18H25FN4O2/c1-12(24)9-10-22(4)18(25)21-13(2)17-11-20-23(14(17)3)16-7-5-15(19)6-8-16/h5-8,11-13,24H,9-10H2,1-4H3,(H,21,25). The first-order valence-corrected chi connectivity index (χ1v) is 8.29. The highest BCUT2D eigenvalue weighted by Gasteiger charge is 2.18. The van der Waals surface area contributed by atoms with Gasteiger partial charge in [0.15, 0.2) is 0 Å². The van der Waals surface area contributed by atoms with E-state index in [0.29, 0.717) is 13.0 Å². The highest BCUT2D eigenvalue weighted by Crippen LogP contribution is 2.20. The summed E-state index contributed by atoms with van der Waals surface area (Å²) in [6.45, 7) is 5.97. The minimum atomic E-state index is -0.441. The van der Waals surface area contributed by atoms with Crippen LogP contribution in [0.3, 0.4) is 0 Å². The molecule has 0 saturated carbocycles. The van der Waals surface area contributed by atoms with Gasteiger partial charge in [0.25, 0.3) is 0 Å². The second-order valence-electron chi connectivity index (χ2n) is 6.30. The van der Waals surface area contributed by atoms with Crippen molar-refractivity contribution in [1.29, 1.82) is 0 Å². The Morgan fingerprint density at radius 2 is 2.00 bits per heavy atom. The Kier molecular flexibility index (Phi) is 6.14. The number of hydrogen-bond donors (Lipinski definition) is 2. The second-order valence-corrected chi connectivity index (χ2v) is 6.30. The van der Waals surface area contributed by atoms with Gasteiger partial charge in [0, 0.05) is 24.8 Å². The summed E-state index contributed by atoms with van der Waals surface area (Å²) in [5.74, 6) is -0.297. The smallest absolute Gasteiger partial charge is 0.317 e. The number of nitrogens with one attached hydrogen (secondary N) is 1. The van der Waals surface area contributed by atoms with Gasteiger partial charge >= 0.3 is 6.03 Å². The second kappa shape index (κ2) is 8.11. The molecule has 0 radical (unpaired) electrons. The lowest BCUT2D eigenvalue weighted by atomic mass is 10.1. The van der Waals surface area contributed by atoms with E-state index >= 15 is 0 Å². The van der Waals surface area contributed by atoms with Crippen LogP contribution in [-0.2, 0) is 0 Å². The number of carbonyl (C=O) groups excluding carboxylic acids is 1. The summed E-state index contributed by atoms with van der Waals surface area (Å²) in [6, 6.07) is 5.66. The molecule has 0 spiro atoms. The maximum atomic E-state index is 13.1. The third-order valence-electron chi connectivity index (χ3n) is 4.15. The Labute approximate surface area is 147 Å². The molecule has 1 heterocycles. The predicted molar refractivity (Wildman–Crippen MR) is 94.1 cm³/mol. The van der Waals surface area contributed by atoms with Crippen molar-refractivity contribution in [2.24, 2.45) is 0 Å². The van der Waals surface area contributed by atoms with Crippen LogP contribution in [0.25, 0.3) is 5.69 Å². The molecule has 0 aliphatic rings. The predicted octanol–water partition coefficient (Wildman–Crippen LogP) is 2.79. The van der Waals surface area contributed by atoms with Crippen molar-refractivity contribution in [1.82, 2.24) is 20.0 Å². The lowest BCUT2D eigenvalue weighted by molar-refractivity contribution is 0.162. The molecule has 2 N–H and O–H groups in total. The molecule has 2 amide bonds. The molecule has 2 rings (SSSR count). The number of benzene rings is 1. The first-order chi connectivity index (χ1) is 11.8. The van der Waals surface area contributed by atoms with Crippen LogP contribution in [0.15, 0.2) is 30.5 Å². The summed E-state index contributed by atoms with van der Waals surface area (Å²) in [5.41, 5.74) is 2.53. The fourth-order valence-electron chi connectivity index (χ4n) is 2.55. The molecule has 7 heteroatoms. The third kappa shape index (κ3) is 4.79. The average molecular weight is 348 g/mol. The van der Waals surface area contributed by atoms with Gasteiger partial charge in [-0.05, 0) is 51.5 Å². The van der Waals surface area contributed by atoms with E-state index in [1.54, 1.807) is 41.9 Å². The quantitative estimate of drug-likeness (QED) is 0.843. The van der Waals surface area contributed by atoms with Crippen LogP contribution in [0.1, 0.15) is 37.6 Å². The van der Waals surface area contributed by atoms with Crippen LogP contribution in [0.2, 0.25) is 0 Å². The maximum absolute atomic E-state index is 13.1. The molecule has 136 valence electrons. The van der Waals surface area contributed by atoms with Crippen LogP contribution in [-0.4, -0.2) is 45.5 Å². The van der Waals surface area contributed by atoms with Gasteiger partial charge in [-0.2, -0.15) is 5.10 Å². The van der Waals surface area contributed by atoms with Crippen molar-refractivity contribution >= 4 is 6.03 Å². The van der Waals surface area contributed by atoms with E-state index in [1.807, 2.05) is 13.8 Å². The Balaban J connectivity index is 2.06. The molecule has 2 unspecified atom stereocenters. The third-order valence-corrected chi connectivity index (χ3v) is 4.15. The lowest BCUT2D eigenvalue weighted by Crippen LogP contribution is -2.39. The number of aliphatic hydroxyl groups is 1. The molecule has 6 nitrogen and oxygen atoms in total. The van der Waals surface area contributed by atoms with Gasteiger partial charge in [-0.25, -0.2) is 13.9 Å². The summed E-state index contributed by atoms with van der Waals surface area (Å²) in [4.78, 5) is 13.8. The van der Waals surface area contributed by atoms with Crippen molar-refractivity contribution in [3.05, 3.63) is 47.5 Å². The van der Waals surface area contributed by atoms with Gasteiger partial charge in [0.1, 0.15) is 5.82 Å². The fraction of sp³-hybridized carbons (Fsp3) is 0.444. The molecule has 2 aromatic rings. The Hall–Kier alpha value is -2.41. The minimum Gasteiger partial charge on any atom is -0.393 e. The van der Waals surface area contributed by atoms with Gasteiger partial charge in [-0.15, -0.1) is 0 Å². The summed E-state index contributed by atoms with van der Waals surface area (Å²) < 4.78 is 14.8. The number of nitrogens with zero attached hydrogens (tertiary/aromatic N) is 3. The topological polar surface area (TPSA) is 70.4 Å². The number of halogens is 1. The van der Waals surface area contributed by atoms with E-state index in [4.69, 9.17) is 0 Å². The average Bonchev–Trinajstić information content (AvgIpc) is 2.94. The van der Waals surface area contributed by atoms with Crippen molar-refractivity contribution in [2.75, 3.05) is 13.6 Å². The van der Waals surface area contributed by atoms with E-state index in [1.165, 1.54) is 12.1 Å². The Bertz CT molecular complexity index is 712. The van der Waals surface area contributed by atoms with E-state index in [9.17, 15) is 14.3 Å². The largest absolute Gasteiger partial charge is 0.393 e. The van der Waals surface area contributed by atoms with Crippen LogP contribution in [0.4, 0.5) is 9.18 Å². The minimum absolute atomic E-state index is 0.206. The number of hydrogen-bond acceptors (Lipinski definition) is 3. The highest BCUT2D eigenvalue weighted by atomic mass is 19.1. The maximum Gasteiger partial charge on any atom is 0.317 e.